The summed E-state index contributed by atoms with van der Waals surface area (Å²) in [6.07, 6.45) is 3.88. The van der Waals surface area contributed by atoms with Crippen LogP contribution in [0.3, 0.4) is 0 Å². The van der Waals surface area contributed by atoms with Crippen molar-refractivity contribution >= 4 is 46.6 Å². The third-order valence-corrected chi connectivity index (χ3v) is 7.97. The molecule has 0 amide bonds. The number of allylic oxidation sites excluding steroid dienone is 4. The fourth-order valence-corrected chi connectivity index (χ4v) is 5.35. The van der Waals surface area contributed by atoms with Crippen molar-refractivity contribution < 1.29 is 26.3 Å². The van der Waals surface area contributed by atoms with Crippen molar-refractivity contribution in [2.24, 2.45) is 0 Å². The first kappa shape index (κ1) is 35.7. The summed E-state index contributed by atoms with van der Waals surface area (Å²) in [6, 6.07) is 24.3. The topological polar surface area (TPSA) is 19.4 Å². The maximum Gasteiger partial charge on any atom is 0.416 e. The van der Waals surface area contributed by atoms with Gasteiger partial charge in [-0.25, -0.2) is 4.98 Å². The van der Waals surface area contributed by atoms with Gasteiger partial charge in [0.2, 0.25) is 0 Å². The van der Waals surface area contributed by atoms with E-state index in [1.165, 1.54) is 0 Å². The molecule has 256 valence electrons. The molecule has 0 spiro atoms. The van der Waals surface area contributed by atoms with Crippen LogP contribution in [-0.4, -0.2) is 33.2 Å². The van der Waals surface area contributed by atoms with Crippen molar-refractivity contribution in [2.75, 3.05) is 38.0 Å². The summed E-state index contributed by atoms with van der Waals surface area (Å²) in [4.78, 5) is 8.68. The van der Waals surface area contributed by atoms with Crippen molar-refractivity contribution in [1.82, 2.24) is 4.98 Å². The van der Waals surface area contributed by atoms with E-state index in [0.717, 1.165) is 34.6 Å². The van der Waals surface area contributed by atoms with E-state index in [4.69, 9.17) is 4.98 Å². The lowest BCUT2D eigenvalue weighted by Crippen LogP contribution is -2.11. The number of hydrogen-bond donors (Lipinski definition) is 0. The lowest BCUT2D eigenvalue weighted by atomic mass is 9.91. The molecule has 0 aliphatic carbocycles. The molecule has 0 aliphatic rings. The van der Waals surface area contributed by atoms with Crippen molar-refractivity contribution in [3.63, 3.8) is 0 Å². The normalized spacial score (nSPS) is 12.7. The van der Waals surface area contributed by atoms with Crippen LogP contribution in [0.15, 0.2) is 115 Å². The average molecular weight is 684 g/mol. The van der Waals surface area contributed by atoms with Gasteiger partial charge < -0.3 is 9.80 Å². The van der Waals surface area contributed by atoms with Crippen LogP contribution < -0.4 is 9.80 Å². The van der Waals surface area contributed by atoms with Gasteiger partial charge >= 0.3 is 12.4 Å². The van der Waals surface area contributed by atoms with Gasteiger partial charge in [0.1, 0.15) is 0 Å². The molecule has 0 unspecified atom stereocenters. The van der Waals surface area contributed by atoms with Crippen LogP contribution in [0.4, 0.5) is 37.7 Å². The average Bonchev–Trinajstić information content (AvgIpc) is 3.07. The van der Waals surface area contributed by atoms with Crippen LogP contribution in [0, 0.1) is 0 Å². The van der Waals surface area contributed by atoms with E-state index in [1.54, 1.807) is 60.7 Å². The maximum absolute atomic E-state index is 14.0. The molecule has 1 heterocycles. The highest BCUT2D eigenvalue weighted by atomic mass is 19.4. The van der Waals surface area contributed by atoms with E-state index in [1.807, 2.05) is 98.7 Å². The molecule has 0 fully saturated rings. The zero-order chi connectivity index (χ0) is 36.1. The maximum atomic E-state index is 14.0. The first-order chi connectivity index (χ1) is 23.7. The summed E-state index contributed by atoms with van der Waals surface area (Å²) in [5.41, 5.74) is 2.14. The molecule has 4 aromatic carbocycles. The number of fused-ring (bicyclic) bond motifs is 1. The molecule has 0 saturated carbocycles. The third-order valence-electron chi connectivity index (χ3n) is 7.97. The number of para-hydroxylation sites is 1. The molecule has 0 aliphatic heterocycles. The highest BCUT2D eigenvalue weighted by Gasteiger charge is 2.37. The Morgan fingerprint density at radius 2 is 1.00 bits per heavy atom. The SMILES string of the molecule is CN(C)c1ccc(/C=C/C=C/c2nc3ccccc3c(/C=C/C=C/c3ccc(N(C)C)cc3)c2-c2cc(C(F)(F)F)cc(C(F)(F)F)c2)cc1. The number of hydrogen-bond acceptors (Lipinski definition) is 3. The van der Waals surface area contributed by atoms with Crippen molar-refractivity contribution in [1.29, 1.82) is 0 Å². The molecule has 0 bridgehead atoms. The van der Waals surface area contributed by atoms with E-state index in [0.29, 0.717) is 16.5 Å². The number of anilines is 2. The molecule has 5 rings (SSSR count). The molecule has 0 N–H and O–H groups in total. The van der Waals surface area contributed by atoms with Crippen LogP contribution in [0.5, 0.6) is 0 Å². The minimum absolute atomic E-state index is 0.137. The molecular formula is C41H35F6N3. The number of rotatable bonds is 9. The number of alkyl halides is 6. The number of aromatic nitrogens is 1. The number of benzene rings is 4. The summed E-state index contributed by atoms with van der Waals surface area (Å²) in [7, 11) is 7.76. The summed E-state index contributed by atoms with van der Waals surface area (Å²) in [5, 5.41) is 0.571. The number of pyridine rings is 1. The van der Waals surface area contributed by atoms with Gasteiger partial charge in [0.25, 0.3) is 0 Å². The predicted octanol–water partition coefficient (Wildman–Crippen LogP) is 11.5. The van der Waals surface area contributed by atoms with Crippen LogP contribution in [0.2, 0.25) is 0 Å². The van der Waals surface area contributed by atoms with E-state index in [-0.39, 0.29) is 22.9 Å². The molecule has 50 heavy (non-hydrogen) atoms. The standard InChI is InChI=1S/C41H35F6N3/c1-49(2)33-21-17-28(18-22-33)11-5-7-14-36-35-13-8-10-15-37(35)48-38(16-9-6-12-29-19-23-34(24-20-29)50(3)4)39(36)30-25-31(40(42,43)44)27-32(26-30)41(45,46)47/h5-27H,1-4H3/b11-5+,12-6+,14-7+,16-9+. The second-order valence-corrected chi connectivity index (χ2v) is 12.0. The second-order valence-electron chi connectivity index (χ2n) is 12.0. The fraction of sp³-hybridized carbons (Fsp3) is 0.146. The number of nitrogens with zero attached hydrogens (tertiary/aromatic N) is 3. The van der Waals surface area contributed by atoms with Gasteiger partial charge in [-0.05, 0) is 76.9 Å². The quantitative estimate of drug-likeness (QED) is 0.114. The largest absolute Gasteiger partial charge is 0.416 e. The molecule has 5 aromatic rings. The number of halogens is 6. The van der Waals surface area contributed by atoms with E-state index in [2.05, 4.69) is 0 Å². The predicted molar refractivity (Wildman–Crippen MR) is 195 cm³/mol. The zero-order valence-electron chi connectivity index (χ0n) is 27.9. The van der Waals surface area contributed by atoms with Crippen molar-refractivity contribution in [3.8, 4) is 11.1 Å². The van der Waals surface area contributed by atoms with Gasteiger partial charge in [-0.3, -0.25) is 0 Å². The fourth-order valence-electron chi connectivity index (χ4n) is 5.35. The van der Waals surface area contributed by atoms with Crippen molar-refractivity contribution in [3.05, 3.63) is 149 Å². The third kappa shape index (κ3) is 8.71. The van der Waals surface area contributed by atoms with Gasteiger partial charge in [0.05, 0.1) is 22.3 Å². The lowest BCUT2D eigenvalue weighted by Gasteiger charge is -2.18. The smallest absolute Gasteiger partial charge is 0.378 e. The molecule has 1 aromatic heterocycles. The van der Waals surface area contributed by atoms with Crippen LogP contribution in [0.1, 0.15) is 33.5 Å². The Labute approximate surface area is 287 Å². The summed E-state index contributed by atoms with van der Waals surface area (Å²) in [5.74, 6) is 0. The van der Waals surface area contributed by atoms with Gasteiger partial charge in [-0.2, -0.15) is 26.3 Å². The van der Waals surface area contributed by atoms with Crippen LogP contribution in [-0.2, 0) is 12.4 Å². The van der Waals surface area contributed by atoms with Crippen molar-refractivity contribution in [2.45, 2.75) is 12.4 Å². The minimum Gasteiger partial charge on any atom is -0.378 e. The first-order valence-corrected chi connectivity index (χ1v) is 15.7. The molecule has 0 saturated heterocycles. The molecule has 0 atom stereocenters. The molecule has 9 heteroatoms. The second kappa shape index (κ2) is 14.9. The Hall–Kier alpha value is -5.57. The summed E-state index contributed by atoms with van der Waals surface area (Å²) in [6.45, 7) is 0. The van der Waals surface area contributed by atoms with Crippen LogP contribution in [0.25, 0.3) is 46.3 Å². The highest BCUT2D eigenvalue weighted by Crippen LogP contribution is 2.41. The molecule has 0 radical (unpaired) electrons. The van der Waals surface area contributed by atoms with E-state index in [9.17, 15) is 26.3 Å². The highest BCUT2D eigenvalue weighted by molar-refractivity contribution is 5.98. The molecule has 3 nitrogen and oxygen atoms in total. The Balaban J connectivity index is 1.67. The first-order valence-electron chi connectivity index (χ1n) is 15.7. The van der Waals surface area contributed by atoms with Gasteiger partial charge in [0.15, 0.2) is 0 Å². The van der Waals surface area contributed by atoms with E-state index < -0.39 is 23.5 Å². The minimum atomic E-state index is -5.01. The molecular weight excluding hydrogens is 648 g/mol. The summed E-state index contributed by atoms with van der Waals surface area (Å²) >= 11 is 0. The Kier molecular flexibility index (Phi) is 10.7. The van der Waals surface area contributed by atoms with Gasteiger partial charge in [0, 0.05) is 50.5 Å². The van der Waals surface area contributed by atoms with Crippen LogP contribution >= 0.6 is 0 Å². The zero-order valence-corrected chi connectivity index (χ0v) is 27.9. The lowest BCUT2D eigenvalue weighted by molar-refractivity contribution is -0.143. The summed E-state index contributed by atoms with van der Waals surface area (Å²) < 4.78 is 84.2. The van der Waals surface area contributed by atoms with Gasteiger partial charge in [-0.1, -0.05) is 85.0 Å². The Bertz CT molecular complexity index is 2030. The van der Waals surface area contributed by atoms with Gasteiger partial charge in [-0.15, -0.1) is 0 Å². The Morgan fingerprint density at radius 1 is 0.540 bits per heavy atom. The van der Waals surface area contributed by atoms with E-state index >= 15 is 0 Å². The monoisotopic (exact) mass is 683 g/mol. The Morgan fingerprint density at radius 3 is 1.48 bits per heavy atom.